The average Bonchev–Trinajstić information content (AvgIpc) is 3.27. The number of rotatable bonds is 6. The Morgan fingerprint density at radius 1 is 1.33 bits per heavy atom. The van der Waals surface area contributed by atoms with Gasteiger partial charge in [-0.25, -0.2) is 8.42 Å². The van der Waals surface area contributed by atoms with E-state index in [-0.39, 0.29) is 21.3 Å². The molecule has 1 N–H and O–H groups in total. The highest BCUT2D eigenvalue weighted by Crippen LogP contribution is 2.28. The highest BCUT2D eigenvalue weighted by molar-refractivity contribution is 7.91. The lowest BCUT2D eigenvalue weighted by Crippen LogP contribution is -2.40. The molecule has 3 rings (SSSR count). The number of ether oxygens (including phenoxy) is 1. The monoisotopic (exact) mass is 431 g/mol. The smallest absolute Gasteiger partial charge is 0.283 e. The van der Waals surface area contributed by atoms with Gasteiger partial charge in [-0.3, -0.25) is 14.9 Å². The number of thiophene rings is 2. The third-order valence-electron chi connectivity index (χ3n) is 3.94. The van der Waals surface area contributed by atoms with E-state index in [1.54, 1.807) is 13.0 Å². The van der Waals surface area contributed by atoms with Crippen LogP contribution in [0.15, 0.2) is 22.4 Å². The molecular formula is C15H17N3O6S3. The lowest BCUT2D eigenvalue weighted by Gasteiger charge is -2.25. The van der Waals surface area contributed by atoms with E-state index in [0.717, 1.165) is 22.7 Å². The summed E-state index contributed by atoms with van der Waals surface area (Å²) in [6, 6.07) is 4.43. The zero-order valence-corrected chi connectivity index (χ0v) is 16.8. The van der Waals surface area contributed by atoms with E-state index in [1.165, 1.54) is 16.4 Å². The van der Waals surface area contributed by atoms with Crippen molar-refractivity contribution in [2.75, 3.05) is 26.3 Å². The molecular weight excluding hydrogens is 414 g/mol. The predicted octanol–water partition coefficient (Wildman–Crippen LogP) is 1.98. The molecule has 0 spiro atoms. The quantitative estimate of drug-likeness (QED) is 0.552. The number of morpholine rings is 1. The van der Waals surface area contributed by atoms with Crippen molar-refractivity contribution in [3.05, 3.63) is 42.9 Å². The maximum Gasteiger partial charge on any atom is 0.283 e. The van der Waals surface area contributed by atoms with Gasteiger partial charge in [0.15, 0.2) is 0 Å². The van der Waals surface area contributed by atoms with Crippen LogP contribution in [0.25, 0.3) is 0 Å². The van der Waals surface area contributed by atoms with Gasteiger partial charge in [0, 0.05) is 24.0 Å². The molecule has 2 aromatic rings. The van der Waals surface area contributed by atoms with Crippen LogP contribution < -0.4 is 5.32 Å². The Morgan fingerprint density at radius 2 is 2.04 bits per heavy atom. The zero-order valence-electron chi connectivity index (χ0n) is 14.3. The van der Waals surface area contributed by atoms with Crippen molar-refractivity contribution in [3.8, 4) is 0 Å². The summed E-state index contributed by atoms with van der Waals surface area (Å²) >= 11 is 2.14. The van der Waals surface area contributed by atoms with E-state index in [0.29, 0.717) is 36.1 Å². The van der Waals surface area contributed by atoms with Gasteiger partial charge in [-0.1, -0.05) is 0 Å². The van der Waals surface area contributed by atoms with Crippen LogP contribution in [0.5, 0.6) is 0 Å². The zero-order chi connectivity index (χ0) is 19.6. The first-order chi connectivity index (χ1) is 12.8. The van der Waals surface area contributed by atoms with Gasteiger partial charge in [-0.15, -0.1) is 22.7 Å². The normalized spacial score (nSPS) is 15.6. The molecule has 1 saturated heterocycles. The van der Waals surface area contributed by atoms with Gasteiger partial charge in [0.2, 0.25) is 0 Å². The summed E-state index contributed by atoms with van der Waals surface area (Å²) in [5, 5.41) is 13.5. The van der Waals surface area contributed by atoms with Crippen LogP contribution in [-0.4, -0.2) is 49.9 Å². The summed E-state index contributed by atoms with van der Waals surface area (Å²) < 4.78 is 32.0. The van der Waals surface area contributed by atoms with E-state index in [9.17, 15) is 23.3 Å². The number of carbonyl (C=O) groups excluding carboxylic acids is 1. The van der Waals surface area contributed by atoms with Crippen molar-refractivity contribution >= 4 is 44.3 Å². The molecule has 1 aliphatic rings. The van der Waals surface area contributed by atoms with Crippen LogP contribution in [0.4, 0.5) is 5.69 Å². The Kier molecular flexibility index (Phi) is 5.91. The van der Waals surface area contributed by atoms with Crippen LogP contribution in [0.1, 0.15) is 19.4 Å². The van der Waals surface area contributed by atoms with Crippen LogP contribution in [0, 0.1) is 17.0 Å². The Labute approximate surface area is 163 Å². The second-order valence-electron chi connectivity index (χ2n) is 5.73. The molecule has 1 aliphatic heterocycles. The van der Waals surface area contributed by atoms with Gasteiger partial charge in [0.25, 0.3) is 21.6 Å². The van der Waals surface area contributed by atoms with Crippen molar-refractivity contribution in [1.82, 2.24) is 9.62 Å². The number of aryl methyl sites for hydroxylation is 1. The Hall–Kier alpha value is -1.86. The molecule has 0 aliphatic carbocycles. The number of nitrogens with zero attached hydrogens (tertiary/aromatic N) is 2. The fourth-order valence-electron chi connectivity index (χ4n) is 2.53. The van der Waals surface area contributed by atoms with Crippen LogP contribution in [-0.2, 0) is 21.3 Å². The predicted molar refractivity (Wildman–Crippen MR) is 101 cm³/mol. The van der Waals surface area contributed by atoms with Crippen LogP contribution in [0.3, 0.4) is 0 Å². The van der Waals surface area contributed by atoms with Gasteiger partial charge in [0.1, 0.15) is 4.21 Å². The maximum atomic E-state index is 12.6. The van der Waals surface area contributed by atoms with Crippen molar-refractivity contribution in [2.45, 2.75) is 17.7 Å². The summed E-state index contributed by atoms with van der Waals surface area (Å²) in [5.41, 5.74) is -0.0832. The van der Waals surface area contributed by atoms with E-state index in [1.807, 2.05) is 0 Å². The molecule has 146 valence electrons. The molecule has 0 unspecified atom stereocenters. The molecule has 2 aromatic heterocycles. The first-order valence-corrected chi connectivity index (χ1v) is 11.1. The molecule has 0 saturated carbocycles. The van der Waals surface area contributed by atoms with E-state index in [2.05, 4.69) is 5.32 Å². The first-order valence-electron chi connectivity index (χ1n) is 7.98. The number of hydrogen-bond donors (Lipinski definition) is 1. The van der Waals surface area contributed by atoms with E-state index < -0.39 is 20.9 Å². The van der Waals surface area contributed by atoms with Crippen molar-refractivity contribution < 1.29 is 22.9 Å². The fourth-order valence-corrected chi connectivity index (χ4v) is 6.29. The van der Waals surface area contributed by atoms with E-state index >= 15 is 0 Å². The van der Waals surface area contributed by atoms with Crippen molar-refractivity contribution in [1.29, 1.82) is 0 Å². The molecule has 0 bridgehead atoms. The molecule has 0 atom stereocenters. The summed E-state index contributed by atoms with van der Waals surface area (Å²) in [6.45, 7) is 3.12. The van der Waals surface area contributed by atoms with Gasteiger partial charge < -0.3 is 10.1 Å². The molecule has 3 heterocycles. The Bertz CT molecular complexity index is 959. The second kappa shape index (κ2) is 8.02. The summed E-state index contributed by atoms with van der Waals surface area (Å²) in [7, 11) is -3.56. The maximum absolute atomic E-state index is 12.6. The lowest BCUT2D eigenvalue weighted by molar-refractivity contribution is -0.385. The average molecular weight is 432 g/mol. The van der Waals surface area contributed by atoms with Crippen molar-refractivity contribution in [3.63, 3.8) is 0 Å². The topological polar surface area (TPSA) is 119 Å². The minimum absolute atomic E-state index is 0.0832. The molecule has 27 heavy (non-hydrogen) atoms. The minimum Gasteiger partial charge on any atom is -0.379 e. The fraction of sp³-hybridized carbons (Fsp3) is 0.400. The SMILES string of the molecule is Cc1sc(C(=O)NCc2ccc(S(=O)(=O)N3CCOCC3)s2)cc1[N+](=O)[O-]. The third kappa shape index (κ3) is 4.35. The van der Waals surface area contributed by atoms with Crippen molar-refractivity contribution in [2.24, 2.45) is 0 Å². The van der Waals surface area contributed by atoms with Gasteiger partial charge in [-0.05, 0) is 19.1 Å². The van der Waals surface area contributed by atoms with Gasteiger partial charge in [0.05, 0.1) is 34.4 Å². The number of amides is 1. The molecule has 0 radical (unpaired) electrons. The highest BCUT2D eigenvalue weighted by atomic mass is 32.2. The Morgan fingerprint density at radius 3 is 2.67 bits per heavy atom. The largest absolute Gasteiger partial charge is 0.379 e. The highest BCUT2D eigenvalue weighted by Gasteiger charge is 2.28. The van der Waals surface area contributed by atoms with Crippen LogP contribution in [0.2, 0.25) is 0 Å². The minimum atomic E-state index is -3.56. The molecule has 12 heteroatoms. The standard InChI is InChI=1S/C15H17N3O6S3/c1-10-12(18(20)21)8-13(25-10)15(19)16-9-11-2-3-14(26-11)27(22,23)17-4-6-24-7-5-17/h2-3,8H,4-7,9H2,1H3,(H,16,19). The van der Waals surface area contributed by atoms with Gasteiger partial charge in [-0.2, -0.15) is 4.31 Å². The molecule has 0 aromatic carbocycles. The number of nitrogens with one attached hydrogen (secondary N) is 1. The third-order valence-corrected chi connectivity index (χ3v) is 8.43. The second-order valence-corrected chi connectivity index (χ2v) is 10.3. The molecule has 1 fully saturated rings. The Balaban J connectivity index is 1.65. The number of carbonyl (C=O) groups is 1. The van der Waals surface area contributed by atoms with E-state index in [4.69, 9.17) is 4.74 Å². The van der Waals surface area contributed by atoms with Gasteiger partial charge >= 0.3 is 0 Å². The molecule has 1 amide bonds. The number of hydrogen-bond acceptors (Lipinski definition) is 8. The molecule has 9 nitrogen and oxygen atoms in total. The number of nitro groups is 1. The van der Waals surface area contributed by atoms with Crippen LogP contribution >= 0.6 is 22.7 Å². The lowest BCUT2D eigenvalue weighted by atomic mass is 10.3. The summed E-state index contributed by atoms with van der Waals surface area (Å²) in [6.07, 6.45) is 0. The number of sulfonamides is 1. The first kappa shape index (κ1) is 19.9. The summed E-state index contributed by atoms with van der Waals surface area (Å²) in [4.78, 5) is 23.9. The summed E-state index contributed by atoms with van der Waals surface area (Å²) in [5.74, 6) is -0.429.